The van der Waals surface area contributed by atoms with Crippen LogP contribution in [0.5, 0.6) is 0 Å². The summed E-state index contributed by atoms with van der Waals surface area (Å²) in [5, 5.41) is 8.21. The average Bonchev–Trinajstić information content (AvgIpc) is 3.22. The summed E-state index contributed by atoms with van der Waals surface area (Å²) in [5.74, 6) is -0.0833. The van der Waals surface area contributed by atoms with Crippen LogP contribution >= 0.6 is 0 Å². The molecule has 0 spiro atoms. The zero-order chi connectivity index (χ0) is 19.3. The van der Waals surface area contributed by atoms with Crippen molar-refractivity contribution in [3.05, 3.63) is 89.3 Å². The second kappa shape index (κ2) is 8.21. The number of amides is 1. The highest BCUT2D eigenvalue weighted by molar-refractivity contribution is 5.92. The smallest absolute Gasteiger partial charge is 0.276 e. The molecule has 0 fully saturated rings. The standard InChI is InChI=1S/C23H24N4O/c1-26(22-15-7-13-19-12-5-6-14-20(19)22)23(28)21-17-27(25-24-21)16-8-11-18-9-3-2-4-10-18/h2-6,8-12,14,17,22H,7,13,15-16H2,1H3/b11-8+/t22-/m1/s1. The molecule has 1 heterocycles. The van der Waals surface area contributed by atoms with Gasteiger partial charge in [-0.2, -0.15) is 0 Å². The van der Waals surface area contributed by atoms with E-state index in [0.29, 0.717) is 12.2 Å². The van der Waals surface area contributed by atoms with Crippen molar-refractivity contribution in [1.29, 1.82) is 0 Å². The molecule has 0 N–H and O–H groups in total. The Morgan fingerprint density at radius 3 is 2.82 bits per heavy atom. The molecule has 1 aliphatic carbocycles. The molecule has 1 aromatic heterocycles. The summed E-state index contributed by atoms with van der Waals surface area (Å²) < 4.78 is 1.69. The molecule has 0 bridgehead atoms. The Labute approximate surface area is 165 Å². The first-order chi connectivity index (χ1) is 13.7. The number of hydrogen-bond donors (Lipinski definition) is 0. The summed E-state index contributed by atoms with van der Waals surface area (Å²) in [6.45, 7) is 0.575. The maximum absolute atomic E-state index is 13.0. The topological polar surface area (TPSA) is 51.0 Å². The van der Waals surface area contributed by atoms with Crippen LogP contribution in [0, 0.1) is 0 Å². The molecule has 5 heteroatoms. The SMILES string of the molecule is CN(C(=O)c1cn(C/C=C/c2ccccc2)nn1)[C@@H]1CCCc2ccccc21. The van der Waals surface area contributed by atoms with E-state index in [9.17, 15) is 4.79 Å². The van der Waals surface area contributed by atoms with Crippen LogP contribution in [-0.4, -0.2) is 32.8 Å². The largest absolute Gasteiger partial charge is 0.333 e. The number of carbonyl (C=O) groups excluding carboxylic acids is 1. The fraction of sp³-hybridized carbons (Fsp3) is 0.261. The van der Waals surface area contributed by atoms with Gasteiger partial charge in [-0.1, -0.05) is 72.0 Å². The molecule has 0 saturated carbocycles. The molecule has 1 atom stereocenters. The second-order valence-electron chi connectivity index (χ2n) is 7.16. The maximum atomic E-state index is 13.0. The molecule has 0 saturated heterocycles. The Kier molecular flexibility index (Phi) is 5.33. The molecule has 2 aromatic carbocycles. The predicted octanol–water partition coefficient (Wildman–Crippen LogP) is 4.14. The van der Waals surface area contributed by atoms with Gasteiger partial charge in [0.2, 0.25) is 0 Å². The van der Waals surface area contributed by atoms with E-state index in [2.05, 4.69) is 28.5 Å². The van der Waals surface area contributed by atoms with Gasteiger partial charge < -0.3 is 4.90 Å². The van der Waals surface area contributed by atoms with Crippen LogP contribution in [0.4, 0.5) is 0 Å². The third-order valence-corrected chi connectivity index (χ3v) is 5.29. The van der Waals surface area contributed by atoms with E-state index in [1.54, 1.807) is 10.9 Å². The molecule has 4 rings (SSSR count). The van der Waals surface area contributed by atoms with Gasteiger partial charge in [0.1, 0.15) is 0 Å². The van der Waals surface area contributed by atoms with Crippen molar-refractivity contribution >= 4 is 12.0 Å². The average molecular weight is 372 g/mol. The lowest BCUT2D eigenvalue weighted by Gasteiger charge is -2.32. The Bertz CT molecular complexity index is 977. The first kappa shape index (κ1) is 18.2. The first-order valence-corrected chi connectivity index (χ1v) is 9.69. The van der Waals surface area contributed by atoms with Crippen molar-refractivity contribution < 1.29 is 4.79 Å². The van der Waals surface area contributed by atoms with Crippen LogP contribution in [-0.2, 0) is 13.0 Å². The molecule has 0 radical (unpaired) electrons. The van der Waals surface area contributed by atoms with Crippen LogP contribution < -0.4 is 0 Å². The van der Waals surface area contributed by atoms with E-state index in [1.165, 1.54) is 11.1 Å². The molecule has 0 aliphatic heterocycles. The number of aromatic nitrogens is 3. The minimum Gasteiger partial charge on any atom is -0.333 e. The van der Waals surface area contributed by atoms with Crippen LogP contribution in [0.25, 0.3) is 6.08 Å². The highest BCUT2D eigenvalue weighted by Gasteiger charge is 2.28. The molecule has 1 amide bonds. The van der Waals surface area contributed by atoms with Gasteiger partial charge in [-0.3, -0.25) is 4.79 Å². The second-order valence-corrected chi connectivity index (χ2v) is 7.16. The number of benzene rings is 2. The van der Waals surface area contributed by atoms with E-state index in [4.69, 9.17) is 0 Å². The quantitative estimate of drug-likeness (QED) is 0.676. The van der Waals surface area contributed by atoms with Gasteiger partial charge in [0.25, 0.3) is 5.91 Å². The van der Waals surface area contributed by atoms with Crippen molar-refractivity contribution in [2.45, 2.75) is 31.8 Å². The number of hydrogen-bond acceptors (Lipinski definition) is 3. The van der Waals surface area contributed by atoms with Crippen molar-refractivity contribution in [2.75, 3.05) is 7.05 Å². The highest BCUT2D eigenvalue weighted by Crippen LogP contribution is 2.33. The number of aryl methyl sites for hydroxylation is 1. The first-order valence-electron chi connectivity index (χ1n) is 9.69. The van der Waals surface area contributed by atoms with Gasteiger partial charge in [0.15, 0.2) is 5.69 Å². The van der Waals surface area contributed by atoms with Crippen LogP contribution in [0.1, 0.15) is 46.1 Å². The Balaban J connectivity index is 1.44. The van der Waals surface area contributed by atoms with E-state index >= 15 is 0 Å². The molecule has 1 aliphatic rings. The van der Waals surface area contributed by atoms with E-state index in [-0.39, 0.29) is 11.9 Å². The zero-order valence-electron chi connectivity index (χ0n) is 16.0. The van der Waals surface area contributed by atoms with Gasteiger partial charge in [-0.15, -0.1) is 5.10 Å². The van der Waals surface area contributed by atoms with Gasteiger partial charge in [-0.25, -0.2) is 4.68 Å². The Morgan fingerprint density at radius 2 is 1.96 bits per heavy atom. The van der Waals surface area contributed by atoms with E-state index < -0.39 is 0 Å². The van der Waals surface area contributed by atoms with Gasteiger partial charge in [0.05, 0.1) is 18.8 Å². The molecule has 3 aromatic rings. The normalized spacial score (nSPS) is 16.1. The predicted molar refractivity (Wildman–Crippen MR) is 110 cm³/mol. The molecule has 5 nitrogen and oxygen atoms in total. The van der Waals surface area contributed by atoms with E-state index in [0.717, 1.165) is 24.8 Å². The number of rotatable bonds is 5. The number of nitrogens with zero attached hydrogens (tertiary/aromatic N) is 4. The van der Waals surface area contributed by atoms with Gasteiger partial charge in [-0.05, 0) is 36.0 Å². The van der Waals surface area contributed by atoms with Crippen LogP contribution in [0.3, 0.4) is 0 Å². The highest BCUT2D eigenvalue weighted by atomic mass is 16.2. The van der Waals surface area contributed by atoms with Crippen molar-refractivity contribution in [1.82, 2.24) is 19.9 Å². The fourth-order valence-corrected chi connectivity index (χ4v) is 3.80. The third-order valence-electron chi connectivity index (χ3n) is 5.29. The number of carbonyl (C=O) groups is 1. The summed E-state index contributed by atoms with van der Waals surface area (Å²) in [5.41, 5.74) is 4.11. The molecular formula is C23H24N4O. The number of allylic oxidation sites excluding steroid dienone is 1. The van der Waals surface area contributed by atoms with Crippen LogP contribution in [0.2, 0.25) is 0 Å². The summed E-state index contributed by atoms with van der Waals surface area (Å²) >= 11 is 0. The molecular weight excluding hydrogens is 348 g/mol. The monoisotopic (exact) mass is 372 g/mol. The van der Waals surface area contributed by atoms with Crippen molar-refractivity contribution in [3.63, 3.8) is 0 Å². The fourth-order valence-electron chi connectivity index (χ4n) is 3.80. The minimum atomic E-state index is -0.0833. The summed E-state index contributed by atoms with van der Waals surface area (Å²) in [4.78, 5) is 14.8. The van der Waals surface area contributed by atoms with Crippen molar-refractivity contribution in [2.24, 2.45) is 0 Å². The van der Waals surface area contributed by atoms with Crippen molar-refractivity contribution in [3.8, 4) is 0 Å². The third kappa shape index (κ3) is 3.88. The number of fused-ring (bicyclic) bond motifs is 1. The van der Waals surface area contributed by atoms with Gasteiger partial charge in [0, 0.05) is 7.05 Å². The molecule has 0 unspecified atom stereocenters. The summed E-state index contributed by atoms with van der Waals surface area (Å²) in [6.07, 6.45) is 8.93. The molecule has 142 valence electrons. The minimum absolute atomic E-state index is 0.0833. The zero-order valence-corrected chi connectivity index (χ0v) is 16.0. The lowest BCUT2D eigenvalue weighted by molar-refractivity contribution is 0.0709. The lowest BCUT2D eigenvalue weighted by atomic mass is 9.87. The molecule has 28 heavy (non-hydrogen) atoms. The summed E-state index contributed by atoms with van der Waals surface area (Å²) in [7, 11) is 1.86. The lowest BCUT2D eigenvalue weighted by Crippen LogP contribution is -2.33. The van der Waals surface area contributed by atoms with Crippen LogP contribution in [0.15, 0.2) is 66.9 Å². The Hall–Kier alpha value is -3.21. The van der Waals surface area contributed by atoms with Gasteiger partial charge >= 0.3 is 0 Å². The Morgan fingerprint density at radius 1 is 1.18 bits per heavy atom. The maximum Gasteiger partial charge on any atom is 0.276 e. The van der Waals surface area contributed by atoms with E-state index in [1.807, 2.05) is 60.5 Å². The summed E-state index contributed by atoms with van der Waals surface area (Å²) in [6, 6.07) is 18.6.